The lowest BCUT2D eigenvalue weighted by atomic mass is 10.2. The van der Waals surface area contributed by atoms with Crippen LogP contribution in [0.2, 0.25) is 0 Å². The molecule has 0 aliphatic heterocycles. The van der Waals surface area contributed by atoms with Crippen molar-refractivity contribution in [3.63, 3.8) is 0 Å². The van der Waals surface area contributed by atoms with Crippen LogP contribution in [0.15, 0.2) is 54.9 Å². The van der Waals surface area contributed by atoms with Crippen LogP contribution in [0.3, 0.4) is 0 Å². The van der Waals surface area contributed by atoms with Crippen molar-refractivity contribution in [3.05, 3.63) is 72.1 Å². The Morgan fingerprint density at radius 3 is 2.52 bits per heavy atom. The quantitative estimate of drug-likeness (QED) is 0.148. The highest BCUT2D eigenvalue weighted by Crippen LogP contribution is 2.40. The number of aromatic nitrogens is 3. The maximum Gasteiger partial charge on any atom is 0.325 e. The molecule has 0 atom stereocenters. The number of esters is 1. The fraction of sp³-hybridized carbons (Fsp3) is 0.185. The van der Waals surface area contributed by atoms with Gasteiger partial charge >= 0.3 is 5.97 Å². The zero-order chi connectivity index (χ0) is 29.0. The lowest BCUT2D eigenvalue weighted by molar-refractivity contribution is -0.141. The number of hydrogen-bond acceptors (Lipinski definition) is 9. The molecule has 11 nitrogen and oxygen atoms in total. The van der Waals surface area contributed by atoms with Gasteiger partial charge in [0.1, 0.15) is 29.6 Å². The Hall–Kier alpha value is -5.20. The molecule has 0 aliphatic rings. The second kappa shape index (κ2) is 11.7. The minimum absolute atomic E-state index is 0.0782. The normalized spacial score (nSPS) is 10.7. The Labute approximate surface area is 227 Å². The zero-order valence-electron chi connectivity index (χ0n) is 21.8. The summed E-state index contributed by atoms with van der Waals surface area (Å²) in [5.41, 5.74) is 5.66. The molecule has 208 valence electrons. The topological polar surface area (TPSA) is 149 Å². The number of benzene rings is 2. The van der Waals surface area contributed by atoms with Crippen LogP contribution in [0.4, 0.5) is 14.5 Å². The first-order chi connectivity index (χ1) is 19.1. The molecule has 0 aliphatic carbocycles. The third-order valence-corrected chi connectivity index (χ3v) is 5.65. The van der Waals surface area contributed by atoms with Crippen LogP contribution in [0.1, 0.15) is 12.5 Å². The van der Waals surface area contributed by atoms with Crippen LogP contribution in [0, 0.1) is 17.0 Å². The third-order valence-electron chi connectivity index (χ3n) is 5.65. The fourth-order valence-electron chi connectivity index (χ4n) is 3.76. The van der Waals surface area contributed by atoms with Crippen molar-refractivity contribution in [2.24, 2.45) is 12.8 Å². The van der Waals surface area contributed by atoms with Crippen molar-refractivity contribution >= 4 is 17.5 Å². The van der Waals surface area contributed by atoms with Gasteiger partial charge in [0.15, 0.2) is 11.5 Å². The highest BCUT2D eigenvalue weighted by Gasteiger charge is 2.28. The van der Waals surface area contributed by atoms with E-state index in [1.165, 1.54) is 25.2 Å². The number of nitrogens with zero attached hydrogens (tertiary/aromatic N) is 4. The van der Waals surface area contributed by atoms with Crippen LogP contribution < -0.4 is 20.1 Å². The summed E-state index contributed by atoms with van der Waals surface area (Å²) >= 11 is 0. The number of aromatic hydroxyl groups is 1. The molecule has 0 unspecified atom stereocenters. The molecule has 0 radical (unpaired) electrons. The number of phenols is 1. The van der Waals surface area contributed by atoms with E-state index in [1.54, 1.807) is 48.1 Å². The SMILES string of the molecule is CCOC(=O)CN(C)c1c(F)c(Oc2cccc(-c3nccn3C)c2)nc(Oc2cc(C(=N)N)ccc2O)c1F. The van der Waals surface area contributed by atoms with Gasteiger partial charge in [0.25, 0.3) is 11.8 Å². The van der Waals surface area contributed by atoms with Crippen molar-refractivity contribution in [3.8, 4) is 40.4 Å². The zero-order valence-corrected chi connectivity index (χ0v) is 21.8. The van der Waals surface area contributed by atoms with Crippen LogP contribution in [0.5, 0.6) is 29.0 Å². The summed E-state index contributed by atoms with van der Waals surface area (Å²) in [6.07, 6.45) is 3.38. The second-order valence-electron chi connectivity index (χ2n) is 8.55. The van der Waals surface area contributed by atoms with Gasteiger partial charge in [-0.15, -0.1) is 0 Å². The number of carbonyl (C=O) groups excluding carboxylic acids is 1. The summed E-state index contributed by atoms with van der Waals surface area (Å²) in [6.45, 7) is 1.18. The highest BCUT2D eigenvalue weighted by atomic mass is 19.1. The largest absolute Gasteiger partial charge is 0.504 e. The van der Waals surface area contributed by atoms with Crippen LogP contribution in [-0.2, 0) is 16.6 Å². The van der Waals surface area contributed by atoms with E-state index >= 15 is 8.78 Å². The Balaban J connectivity index is 1.79. The molecular weight excluding hydrogens is 526 g/mol. The molecule has 0 amide bonds. The van der Waals surface area contributed by atoms with E-state index in [0.29, 0.717) is 11.4 Å². The van der Waals surface area contributed by atoms with Gasteiger partial charge in [0, 0.05) is 37.6 Å². The molecule has 0 bridgehead atoms. The van der Waals surface area contributed by atoms with Gasteiger partial charge in [-0.05, 0) is 37.3 Å². The summed E-state index contributed by atoms with van der Waals surface area (Å²) in [5.74, 6) is -4.90. The van der Waals surface area contributed by atoms with E-state index in [-0.39, 0.29) is 29.5 Å². The van der Waals surface area contributed by atoms with Crippen LogP contribution in [0.25, 0.3) is 11.4 Å². The van der Waals surface area contributed by atoms with Crippen LogP contribution in [-0.4, -0.2) is 51.6 Å². The average molecular weight is 553 g/mol. The lowest BCUT2D eigenvalue weighted by Crippen LogP contribution is -2.29. The van der Waals surface area contributed by atoms with Crippen molar-refractivity contribution in [1.29, 1.82) is 5.41 Å². The van der Waals surface area contributed by atoms with Crippen molar-refractivity contribution in [2.75, 3.05) is 25.1 Å². The Bertz CT molecular complexity index is 1580. The molecule has 13 heteroatoms. The number of nitrogen functional groups attached to an aromatic ring is 1. The summed E-state index contributed by atoms with van der Waals surface area (Å²) in [7, 11) is 3.09. The summed E-state index contributed by atoms with van der Waals surface area (Å²) in [6, 6.07) is 10.3. The molecule has 4 rings (SSSR count). The highest BCUT2D eigenvalue weighted by molar-refractivity contribution is 5.95. The minimum Gasteiger partial charge on any atom is -0.504 e. The van der Waals surface area contributed by atoms with E-state index in [1.807, 2.05) is 7.05 Å². The number of likely N-dealkylation sites (N-methyl/N-ethyl adjacent to an activating group) is 1. The number of ether oxygens (including phenoxy) is 3. The van der Waals surface area contributed by atoms with Crippen molar-refractivity contribution in [1.82, 2.24) is 14.5 Å². The first-order valence-corrected chi connectivity index (χ1v) is 12.0. The van der Waals surface area contributed by atoms with Gasteiger partial charge in [-0.1, -0.05) is 12.1 Å². The molecule has 0 spiro atoms. The number of pyridine rings is 1. The maximum atomic E-state index is 15.7. The number of anilines is 1. The maximum absolute atomic E-state index is 15.7. The number of amidine groups is 1. The number of nitrogens with two attached hydrogens (primary N) is 1. The number of hydrogen-bond donors (Lipinski definition) is 3. The first kappa shape index (κ1) is 27.8. The third kappa shape index (κ3) is 5.93. The second-order valence-corrected chi connectivity index (χ2v) is 8.55. The van der Waals surface area contributed by atoms with Gasteiger partial charge in [-0.2, -0.15) is 13.8 Å². The monoisotopic (exact) mass is 552 g/mol. The predicted octanol–water partition coefficient (Wildman–Crippen LogP) is 4.33. The number of imidazole rings is 1. The van der Waals surface area contributed by atoms with E-state index < -0.39 is 47.3 Å². The Morgan fingerprint density at radius 2 is 1.88 bits per heavy atom. The van der Waals surface area contributed by atoms with E-state index in [0.717, 1.165) is 4.90 Å². The average Bonchev–Trinajstić information content (AvgIpc) is 3.34. The summed E-state index contributed by atoms with van der Waals surface area (Å²) < 4.78 is 49.3. The molecule has 40 heavy (non-hydrogen) atoms. The lowest BCUT2D eigenvalue weighted by Gasteiger charge is -2.22. The molecule has 2 heterocycles. The van der Waals surface area contributed by atoms with Gasteiger partial charge in [0.2, 0.25) is 11.6 Å². The number of nitrogens with one attached hydrogen (secondary N) is 1. The van der Waals surface area contributed by atoms with Crippen molar-refractivity contribution < 1.29 is 32.9 Å². The van der Waals surface area contributed by atoms with Gasteiger partial charge in [0.05, 0.1) is 6.61 Å². The Kier molecular flexibility index (Phi) is 8.12. The number of halogens is 2. The van der Waals surface area contributed by atoms with E-state index in [4.69, 9.17) is 25.4 Å². The molecule has 0 saturated carbocycles. The molecule has 4 N–H and O–H groups in total. The molecule has 4 aromatic rings. The van der Waals surface area contributed by atoms with Crippen LogP contribution >= 0.6 is 0 Å². The van der Waals surface area contributed by atoms with Gasteiger partial charge < -0.3 is 34.5 Å². The van der Waals surface area contributed by atoms with Gasteiger partial charge in [-0.3, -0.25) is 10.2 Å². The number of phenolic OH excluding ortho intramolecular Hbond substituents is 1. The summed E-state index contributed by atoms with van der Waals surface area (Å²) in [4.78, 5) is 21.2. The first-order valence-electron chi connectivity index (χ1n) is 12.0. The van der Waals surface area contributed by atoms with Gasteiger partial charge in [-0.25, -0.2) is 4.98 Å². The molecule has 2 aromatic carbocycles. The van der Waals surface area contributed by atoms with Crippen molar-refractivity contribution in [2.45, 2.75) is 6.92 Å². The molecular formula is C27H26F2N6O5. The molecule has 2 aromatic heterocycles. The minimum atomic E-state index is -1.27. The Morgan fingerprint density at radius 1 is 1.15 bits per heavy atom. The standard InChI is InChI=1S/C27H26F2N6O5/c1-4-38-20(37)14-35(3)23-21(28)26(39-17-7-5-6-16(12-17)25-32-10-11-34(25)2)33-27(22(23)29)40-19-13-15(24(30)31)8-9-18(19)36/h5-13,36H,4,14H2,1-3H3,(H3,30,31). The fourth-order valence-corrected chi connectivity index (χ4v) is 3.76. The van der Waals surface area contributed by atoms with E-state index in [2.05, 4.69) is 9.97 Å². The number of rotatable bonds is 10. The number of carbonyl (C=O) groups is 1. The smallest absolute Gasteiger partial charge is 0.325 e. The molecule has 0 saturated heterocycles. The number of aryl methyl sites for hydroxylation is 1. The molecule has 0 fully saturated rings. The summed E-state index contributed by atoms with van der Waals surface area (Å²) in [5, 5.41) is 17.9. The predicted molar refractivity (Wildman–Crippen MR) is 142 cm³/mol. The van der Waals surface area contributed by atoms with E-state index in [9.17, 15) is 9.90 Å².